The van der Waals surface area contributed by atoms with Crippen molar-refractivity contribution in [1.82, 2.24) is 15.1 Å². The van der Waals surface area contributed by atoms with Crippen molar-refractivity contribution >= 4 is 29.7 Å². The molecule has 6 saturated heterocycles. The second-order valence-corrected chi connectivity index (χ2v) is 17.5. The molecule has 7 aliphatic heterocycles. The topological polar surface area (TPSA) is 247 Å². The Bertz CT molecular complexity index is 1740. The van der Waals surface area contributed by atoms with Crippen molar-refractivity contribution in [2.45, 2.75) is 138 Å². The molecule has 10 rings (SSSR count). The molecule has 10 aliphatic rings. The van der Waals surface area contributed by atoms with E-state index in [2.05, 4.69) is 12.2 Å². The highest BCUT2D eigenvalue weighted by Gasteiger charge is 2.99. The zero-order valence-electron chi connectivity index (χ0n) is 31.7. The molecular weight excluding hydrogens is 738 g/mol. The summed E-state index contributed by atoms with van der Waals surface area (Å²) in [6, 6.07) is -1.35. The van der Waals surface area contributed by atoms with Crippen LogP contribution in [0.25, 0.3) is 0 Å². The first-order chi connectivity index (χ1) is 26.6. The largest absolute Gasteiger partial charge is 0.458 e. The summed E-state index contributed by atoms with van der Waals surface area (Å²) in [6.45, 7) is 6.90. The van der Waals surface area contributed by atoms with Crippen LogP contribution in [0, 0.1) is 17.3 Å². The number of carbonyl (C=O) groups excluding carboxylic acids is 5. The van der Waals surface area contributed by atoms with Crippen LogP contribution < -0.4 is 5.32 Å². The predicted molar refractivity (Wildman–Crippen MR) is 185 cm³/mol. The van der Waals surface area contributed by atoms with Gasteiger partial charge in [0, 0.05) is 68.8 Å². The fraction of sp³-hybridized carbons (Fsp3) is 0.816. The lowest BCUT2D eigenvalue weighted by Crippen LogP contribution is -2.84. The maximum atomic E-state index is 13.7. The van der Waals surface area contributed by atoms with Gasteiger partial charge in [0.1, 0.15) is 60.0 Å². The normalized spacial score (nSPS) is 45.3. The molecule has 0 aromatic heterocycles. The van der Waals surface area contributed by atoms with Gasteiger partial charge in [-0.1, -0.05) is 20.8 Å². The van der Waals surface area contributed by atoms with Gasteiger partial charge in [0.25, 0.3) is 0 Å². The second kappa shape index (κ2) is 13.1. The summed E-state index contributed by atoms with van der Waals surface area (Å²) in [5.74, 6) is -2.03. The highest BCUT2D eigenvalue weighted by atomic mass is 16.7. The summed E-state index contributed by atoms with van der Waals surface area (Å²) < 4.78 is 37.0. The van der Waals surface area contributed by atoms with E-state index < -0.39 is 72.0 Å². The van der Waals surface area contributed by atoms with E-state index >= 15 is 0 Å². The summed E-state index contributed by atoms with van der Waals surface area (Å²) in [7, 11) is 0. The highest BCUT2D eigenvalue weighted by Crippen LogP contribution is 2.82. The molecular formula is C38H51N3O15. The molecule has 14 atom stereocenters. The summed E-state index contributed by atoms with van der Waals surface area (Å²) in [5.41, 5.74) is -1.02. The number of carbonyl (C=O) groups is 5. The Labute approximate surface area is 322 Å². The van der Waals surface area contributed by atoms with E-state index in [1.54, 1.807) is 9.80 Å². The molecule has 0 aromatic rings. The number of aliphatic hydroxyl groups is 4. The molecule has 3 aliphatic carbocycles. The minimum Gasteiger partial charge on any atom is -0.458 e. The van der Waals surface area contributed by atoms with Crippen LogP contribution in [0.2, 0.25) is 0 Å². The van der Waals surface area contributed by atoms with E-state index in [-0.39, 0.29) is 112 Å². The Balaban J connectivity index is 0.774. The Morgan fingerprint density at radius 2 is 1.59 bits per heavy atom. The SMILES string of the molecule is CC(C)[C@]12O[C@H]1[C@@H]1O[C@@]13[C@@]1(C)CCC4=C(COC4=O)[C@@H]1C1C[C@@]3(O1)[C@@H]2OC(=O)CCC(=O)N1CCN(C(=O)CCC(=O)N[C@@H]2C(O)O[C@@H](CO)[C@H](O)[C@H]2O)CC1. The fourth-order valence-corrected chi connectivity index (χ4v) is 11.7. The first-order valence-corrected chi connectivity index (χ1v) is 19.9. The van der Waals surface area contributed by atoms with E-state index in [9.17, 15) is 44.4 Å². The van der Waals surface area contributed by atoms with Gasteiger partial charge < -0.3 is 64.0 Å². The molecule has 2 bridgehead atoms. The van der Waals surface area contributed by atoms with Gasteiger partial charge in [0.2, 0.25) is 17.7 Å². The third-order valence-electron chi connectivity index (χ3n) is 14.6. The van der Waals surface area contributed by atoms with E-state index in [4.69, 9.17) is 28.4 Å². The molecule has 0 aromatic carbocycles. The van der Waals surface area contributed by atoms with E-state index in [0.717, 1.165) is 17.6 Å². The Kier molecular flexibility index (Phi) is 8.99. The number of piperazine rings is 1. The molecule has 56 heavy (non-hydrogen) atoms. The lowest BCUT2D eigenvalue weighted by atomic mass is 9.42. The number of nitrogens with one attached hydrogen (secondary N) is 1. The maximum Gasteiger partial charge on any atom is 0.334 e. The molecule has 18 nitrogen and oxygen atoms in total. The van der Waals surface area contributed by atoms with E-state index in [0.29, 0.717) is 12.8 Å². The van der Waals surface area contributed by atoms with Crippen LogP contribution in [-0.4, -0.2) is 171 Å². The molecule has 7 heterocycles. The smallest absolute Gasteiger partial charge is 0.334 e. The van der Waals surface area contributed by atoms with E-state index in [1.165, 1.54) is 0 Å². The Morgan fingerprint density at radius 1 is 0.929 bits per heavy atom. The molecule has 308 valence electrons. The van der Waals surface area contributed by atoms with Crippen molar-refractivity contribution in [2.24, 2.45) is 17.3 Å². The van der Waals surface area contributed by atoms with Crippen LogP contribution in [0.1, 0.15) is 65.7 Å². The number of esters is 2. The van der Waals surface area contributed by atoms with Gasteiger partial charge in [-0.3, -0.25) is 19.2 Å². The minimum absolute atomic E-state index is 0.00610. The summed E-state index contributed by atoms with van der Waals surface area (Å²) in [4.78, 5) is 68.0. The van der Waals surface area contributed by atoms with E-state index in [1.807, 2.05) is 13.8 Å². The molecule has 3 amide bonds. The molecule has 0 radical (unpaired) electrons. The number of fused-ring (bicyclic) bond motifs is 2. The first kappa shape index (κ1) is 38.3. The first-order valence-electron chi connectivity index (χ1n) is 19.9. The number of rotatable bonds is 10. The zero-order valence-corrected chi connectivity index (χ0v) is 31.7. The number of hydrogen-bond donors (Lipinski definition) is 5. The minimum atomic E-state index is -1.66. The van der Waals surface area contributed by atoms with Crippen LogP contribution in [0.3, 0.4) is 0 Å². The number of amides is 3. The molecule has 2 unspecified atom stereocenters. The number of cyclic esters (lactones) is 1. The van der Waals surface area contributed by atoms with Gasteiger partial charge >= 0.3 is 11.9 Å². The Morgan fingerprint density at radius 3 is 2.23 bits per heavy atom. The zero-order chi connectivity index (χ0) is 39.7. The summed E-state index contributed by atoms with van der Waals surface area (Å²) in [6.07, 6.45) is -6.11. The molecule has 5 N–H and O–H groups in total. The average Bonchev–Trinajstić information content (AvgIpc) is 4.06. The number of aliphatic hydroxyl groups excluding tert-OH is 4. The van der Waals surface area contributed by atoms with Crippen LogP contribution in [0.15, 0.2) is 11.1 Å². The lowest BCUT2D eigenvalue weighted by Gasteiger charge is -2.70. The fourth-order valence-electron chi connectivity index (χ4n) is 11.7. The Hall–Kier alpha value is -3.23. The number of epoxide rings is 2. The number of hydrogen-bond acceptors (Lipinski definition) is 15. The van der Waals surface area contributed by atoms with Crippen molar-refractivity contribution < 1.29 is 72.8 Å². The molecule has 2 spiro atoms. The quantitative estimate of drug-likeness (QED) is 0.117. The van der Waals surface area contributed by atoms with Crippen LogP contribution in [0.4, 0.5) is 0 Å². The monoisotopic (exact) mass is 789 g/mol. The predicted octanol–water partition coefficient (Wildman–Crippen LogP) is -2.20. The van der Waals surface area contributed by atoms with Crippen molar-refractivity contribution in [2.75, 3.05) is 39.4 Å². The molecule has 2 saturated carbocycles. The van der Waals surface area contributed by atoms with Crippen LogP contribution in [-0.2, 0) is 52.4 Å². The standard InChI is InChI=1S/C38H51N3O15/c1-17(2)37-30(55-37)31-38(56-31)35(3)9-8-18-19(16-51-32(18)49)26(35)20-14-36(38,54-20)34(37)53-25(46)7-6-24(45)41-12-10-40(11-13-41)23(44)5-4-22(43)39-27-29(48)28(47)21(15-42)52-33(27)50/h17,20-21,26-31,33-34,42,47-48,50H,4-16H2,1-3H3,(H,39,43)/t20?,21-,26+,27-,28-,29-,30-,31-,33?,34-,35-,36+,37-,38+/m0/s1. The van der Waals surface area contributed by atoms with Gasteiger partial charge in [-0.15, -0.1) is 0 Å². The third-order valence-corrected chi connectivity index (χ3v) is 14.6. The average molecular weight is 790 g/mol. The highest BCUT2D eigenvalue weighted by molar-refractivity contribution is 5.92. The molecule has 18 heteroatoms. The lowest BCUT2D eigenvalue weighted by molar-refractivity contribution is -0.367. The maximum absolute atomic E-state index is 13.7. The van der Waals surface area contributed by atoms with Gasteiger partial charge in [-0.25, -0.2) is 4.79 Å². The summed E-state index contributed by atoms with van der Waals surface area (Å²) in [5, 5.41) is 42.0. The van der Waals surface area contributed by atoms with Gasteiger partial charge in [0.15, 0.2) is 12.4 Å². The number of ether oxygens (including phenoxy) is 6. The van der Waals surface area contributed by atoms with Crippen LogP contribution >= 0.6 is 0 Å². The van der Waals surface area contributed by atoms with Crippen molar-refractivity contribution in [1.29, 1.82) is 0 Å². The second-order valence-electron chi connectivity index (χ2n) is 17.5. The molecule has 8 fully saturated rings. The van der Waals surface area contributed by atoms with Gasteiger partial charge in [-0.2, -0.15) is 0 Å². The van der Waals surface area contributed by atoms with Crippen molar-refractivity contribution in [3.63, 3.8) is 0 Å². The van der Waals surface area contributed by atoms with Crippen molar-refractivity contribution in [3.05, 3.63) is 11.1 Å². The van der Waals surface area contributed by atoms with Crippen LogP contribution in [0.5, 0.6) is 0 Å². The van der Waals surface area contributed by atoms with Crippen molar-refractivity contribution in [3.8, 4) is 0 Å². The van der Waals surface area contributed by atoms with Gasteiger partial charge in [0.05, 0.1) is 19.1 Å². The summed E-state index contributed by atoms with van der Waals surface area (Å²) >= 11 is 0. The third kappa shape index (κ3) is 5.18. The number of nitrogens with zero attached hydrogens (tertiary/aromatic N) is 2. The van der Waals surface area contributed by atoms with Gasteiger partial charge in [-0.05, 0) is 24.3 Å².